The number of amides is 3. The van der Waals surface area contributed by atoms with Gasteiger partial charge in [-0.1, -0.05) is 101 Å². The van der Waals surface area contributed by atoms with Gasteiger partial charge in [0.2, 0.25) is 5.91 Å². The van der Waals surface area contributed by atoms with Crippen LogP contribution in [0.1, 0.15) is 43.4 Å². The SMILES string of the molecule is O=C(NC(c1ccccc1)c1ccc(Br)cc1)C(Cc1ccccc1)N1C(=O)c2ccccc2C1=O. The van der Waals surface area contributed by atoms with E-state index < -0.39 is 29.8 Å². The van der Waals surface area contributed by atoms with Gasteiger partial charge >= 0.3 is 0 Å². The molecule has 0 radical (unpaired) electrons. The number of imide groups is 1. The van der Waals surface area contributed by atoms with E-state index in [2.05, 4.69) is 21.2 Å². The number of nitrogens with one attached hydrogen (secondary N) is 1. The summed E-state index contributed by atoms with van der Waals surface area (Å²) in [7, 11) is 0. The number of hydrogen-bond acceptors (Lipinski definition) is 3. The van der Waals surface area contributed by atoms with Gasteiger partial charge in [0.15, 0.2) is 0 Å². The Balaban J connectivity index is 1.52. The lowest BCUT2D eigenvalue weighted by Gasteiger charge is -2.28. The van der Waals surface area contributed by atoms with Gasteiger partial charge in [-0.3, -0.25) is 19.3 Å². The van der Waals surface area contributed by atoms with Crippen LogP contribution in [0, 0.1) is 0 Å². The number of carbonyl (C=O) groups is 3. The molecule has 4 aromatic rings. The zero-order valence-corrected chi connectivity index (χ0v) is 20.9. The standard InChI is InChI=1S/C30H23BrN2O3/c31-23-17-15-22(16-18-23)27(21-11-5-2-6-12-21)32-28(34)26(19-20-9-3-1-4-10-20)33-29(35)24-13-7-8-14-25(24)30(33)36/h1-18,26-27H,19H2,(H,32,34). The van der Waals surface area contributed by atoms with Crippen LogP contribution in [0.3, 0.4) is 0 Å². The van der Waals surface area contributed by atoms with Gasteiger partial charge in [-0.25, -0.2) is 0 Å². The smallest absolute Gasteiger partial charge is 0.262 e. The molecule has 0 saturated heterocycles. The fourth-order valence-electron chi connectivity index (χ4n) is 4.53. The highest BCUT2D eigenvalue weighted by molar-refractivity contribution is 9.10. The van der Waals surface area contributed by atoms with Crippen LogP contribution in [0.4, 0.5) is 0 Å². The highest BCUT2D eigenvalue weighted by atomic mass is 79.9. The minimum absolute atomic E-state index is 0.208. The lowest BCUT2D eigenvalue weighted by atomic mass is 9.97. The van der Waals surface area contributed by atoms with Crippen molar-refractivity contribution in [1.29, 1.82) is 0 Å². The van der Waals surface area contributed by atoms with Crippen LogP contribution in [-0.4, -0.2) is 28.7 Å². The van der Waals surface area contributed by atoms with Crippen LogP contribution < -0.4 is 5.32 Å². The summed E-state index contributed by atoms with van der Waals surface area (Å²) < 4.78 is 0.928. The summed E-state index contributed by atoms with van der Waals surface area (Å²) in [5.41, 5.74) is 3.28. The van der Waals surface area contributed by atoms with Crippen molar-refractivity contribution in [1.82, 2.24) is 10.2 Å². The number of carbonyl (C=O) groups excluding carboxylic acids is 3. The zero-order valence-electron chi connectivity index (χ0n) is 19.3. The van der Waals surface area contributed by atoms with Crippen molar-refractivity contribution in [2.45, 2.75) is 18.5 Å². The topological polar surface area (TPSA) is 66.5 Å². The molecular weight excluding hydrogens is 516 g/mol. The molecule has 0 spiro atoms. The Morgan fingerprint density at radius 2 is 1.19 bits per heavy atom. The molecular formula is C30H23BrN2O3. The molecule has 5 rings (SSSR count). The van der Waals surface area contributed by atoms with E-state index in [-0.39, 0.29) is 6.42 Å². The van der Waals surface area contributed by atoms with Crippen LogP contribution in [-0.2, 0) is 11.2 Å². The first-order valence-corrected chi connectivity index (χ1v) is 12.4. The molecule has 0 bridgehead atoms. The summed E-state index contributed by atoms with van der Waals surface area (Å²) in [6, 6.07) is 32.0. The van der Waals surface area contributed by atoms with Crippen LogP contribution in [0.25, 0.3) is 0 Å². The Hall–Kier alpha value is -4.03. The molecule has 1 heterocycles. The van der Waals surface area contributed by atoms with Gasteiger partial charge in [0, 0.05) is 10.9 Å². The average Bonchev–Trinajstić information content (AvgIpc) is 3.17. The molecule has 0 aromatic heterocycles. The van der Waals surface area contributed by atoms with Crippen LogP contribution >= 0.6 is 15.9 Å². The molecule has 1 aliphatic heterocycles. The number of hydrogen-bond donors (Lipinski definition) is 1. The molecule has 36 heavy (non-hydrogen) atoms. The van der Waals surface area contributed by atoms with Gasteiger partial charge in [-0.15, -0.1) is 0 Å². The first kappa shape index (κ1) is 23.7. The fraction of sp³-hybridized carbons (Fsp3) is 0.100. The quantitative estimate of drug-likeness (QED) is 0.313. The van der Waals surface area contributed by atoms with Crippen LogP contribution in [0.2, 0.25) is 0 Å². The average molecular weight is 539 g/mol. The minimum atomic E-state index is -1.01. The van der Waals surface area contributed by atoms with Crippen molar-refractivity contribution in [3.8, 4) is 0 Å². The van der Waals surface area contributed by atoms with Crippen LogP contribution in [0.15, 0.2) is 114 Å². The van der Waals surface area contributed by atoms with Crippen LogP contribution in [0.5, 0.6) is 0 Å². The van der Waals surface area contributed by atoms with Gasteiger partial charge < -0.3 is 5.32 Å². The molecule has 1 N–H and O–H groups in total. The minimum Gasteiger partial charge on any atom is -0.343 e. The van der Waals surface area contributed by atoms with Gasteiger partial charge in [-0.2, -0.15) is 0 Å². The largest absolute Gasteiger partial charge is 0.343 e. The predicted octanol–water partition coefficient (Wildman–Crippen LogP) is 5.56. The third-order valence-corrected chi connectivity index (χ3v) is 6.86. The third-order valence-electron chi connectivity index (χ3n) is 6.33. The van der Waals surface area contributed by atoms with E-state index in [0.717, 1.165) is 26.1 Å². The number of halogens is 1. The summed E-state index contributed by atoms with van der Waals surface area (Å²) in [6.45, 7) is 0. The maximum atomic E-state index is 13.9. The first-order valence-electron chi connectivity index (χ1n) is 11.6. The Kier molecular flexibility index (Phi) is 6.78. The van der Waals surface area contributed by atoms with E-state index in [4.69, 9.17) is 0 Å². The maximum Gasteiger partial charge on any atom is 0.262 e. The summed E-state index contributed by atoms with van der Waals surface area (Å²) in [4.78, 5) is 41.7. The van der Waals surface area contributed by atoms with Crippen molar-refractivity contribution in [3.05, 3.63) is 141 Å². The van der Waals surface area contributed by atoms with Gasteiger partial charge in [0.25, 0.3) is 11.8 Å². The fourth-order valence-corrected chi connectivity index (χ4v) is 4.79. The Morgan fingerprint density at radius 3 is 1.78 bits per heavy atom. The van der Waals surface area contributed by atoms with Gasteiger partial charge in [-0.05, 0) is 41.0 Å². The van der Waals surface area contributed by atoms with E-state index in [1.165, 1.54) is 0 Å². The molecule has 0 saturated carbocycles. The molecule has 178 valence electrons. The Bertz CT molecular complexity index is 1370. The molecule has 0 fully saturated rings. The van der Waals surface area contributed by atoms with E-state index in [0.29, 0.717) is 11.1 Å². The second kappa shape index (κ2) is 10.3. The van der Waals surface area contributed by atoms with Gasteiger partial charge in [0.1, 0.15) is 6.04 Å². The highest BCUT2D eigenvalue weighted by Gasteiger charge is 2.43. The number of benzene rings is 4. The monoisotopic (exact) mass is 538 g/mol. The molecule has 1 aliphatic rings. The van der Waals surface area contributed by atoms with E-state index in [9.17, 15) is 14.4 Å². The summed E-state index contributed by atoms with van der Waals surface area (Å²) in [5.74, 6) is -1.30. The number of fused-ring (bicyclic) bond motifs is 1. The highest BCUT2D eigenvalue weighted by Crippen LogP contribution is 2.28. The second-order valence-corrected chi connectivity index (χ2v) is 9.55. The molecule has 3 amide bonds. The molecule has 5 nitrogen and oxygen atoms in total. The normalized spacial score (nSPS) is 14.3. The Morgan fingerprint density at radius 1 is 0.694 bits per heavy atom. The number of rotatable bonds is 7. The van der Waals surface area contributed by atoms with Crippen molar-refractivity contribution in [3.63, 3.8) is 0 Å². The lowest BCUT2D eigenvalue weighted by molar-refractivity contribution is -0.125. The summed E-state index contributed by atoms with van der Waals surface area (Å²) in [6.07, 6.45) is 0.208. The van der Waals surface area contributed by atoms with E-state index in [1.807, 2.05) is 84.9 Å². The number of nitrogens with zero attached hydrogens (tertiary/aromatic N) is 1. The molecule has 4 aromatic carbocycles. The maximum absolute atomic E-state index is 13.9. The van der Waals surface area contributed by atoms with Gasteiger partial charge in [0.05, 0.1) is 17.2 Å². The van der Waals surface area contributed by atoms with Crippen molar-refractivity contribution in [2.24, 2.45) is 0 Å². The molecule has 2 unspecified atom stereocenters. The zero-order chi connectivity index (χ0) is 25.1. The molecule has 6 heteroatoms. The second-order valence-electron chi connectivity index (χ2n) is 8.64. The lowest BCUT2D eigenvalue weighted by Crippen LogP contribution is -2.51. The van der Waals surface area contributed by atoms with Crippen molar-refractivity contribution >= 4 is 33.7 Å². The third kappa shape index (κ3) is 4.72. The van der Waals surface area contributed by atoms with Crippen molar-refractivity contribution in [2.75, 3.05) is 0 Å². The first-order chi connectivity index (χ1) is 17.5. The van der Waals surface area contributed by atoms with Crippen molar-refractivity contribution < 1.29 is 14.4 Å². The Labute approximate surface area is 217 Å². The summed E-state index contributed by atoms with van der Waals surface area (Å²) >= 11 is 3.47. The molecule has 0 aliphatic carbocycles. The van der Waals surface area contributed by atoms with E-state index >= 15 is 0 Å². The summed E-state index contributed by atoms with van der Waals surface area (Å²) in [5, 5.41) is 3.13. The molecule has 2 atom stereocenters. The predicted molar refractivity (Wildman–Crippen MR) is 141 cm³/mol. The van der Waals surface area contributed by atoms with E-state index in [1.54, 1.807) is 24.3 Å².